The molecule has 1 aliphatic rings. The highest BCUT2D eigenvalue weighted by atomic mass is 32.1. The van der Waals surface area contributed by atoms with Crippen LogP contribution in [0.25, 0.3) is 0 Å². The first-order valence-electron chi connectivity index (χ1n) is 8.77. The predicted molar refractivity (Wildman–Crippen MR) is 104 cm³/mol. The Bertz CT molecular complexity index is 748. The number of benzene rings is 1. The molecule has 0 radical (unpaired) electrons. The van der Waals surface area contributed by atoms with E-state index in [1.54, 1.807) is 35.6 Å². The van der Waals surface area contributed by atoms with Crippen molar-refractivity contribution in [3.8, 4) is 0 Å². The van der Waals surface area contributed by atoms with Crippen LogP contribution in [0.4, 0.5) is 5.69 Å². The summed E-state index contributed by atoms with van der Waals surface area (Å²) in [6.07, 6.45) is 1.04. The Balaban J connectivity index is 1.51. The fourth-order valence-electron chi connectivity index (χ4n) is 3.16. The summed E-state index contributed by atoms with van der Waals surface area (Å²) in [4.78, 5) is 29.8. The van der Waals surface area contributed by atoms with E-state index in [4.69, 9.17) is 5.73 Å². The number of primary amides is 1. The number of carbonyl (C=O) groups is 2. The van der Waals surface area contributed by atoms with Gasteiger partial charge in [-0.15, -0.1) is 11.3 Å². The van der Waals surface area contributed by atoms with Crippen LogP contribution in [0.1, 0.15) is 21.7 Å². The largest absolute Gasteiger partial charge is 0.366 e. The summed E-state index contributed by atoms with van der Waals surface area (Å²) in [7, 11) is 0. The van der Waals surface area contributed by atoms with Gasteiger partial charge in [0.1, 0.15) is 0 Å². The summed E-state index contributed by atoms with van der Waals surface area (Å²) < 4.78 is 0. The summed E-state index contributed by atoms with van der Waals surface area (Å²) >= 11 is 1.78. The number of hydrogen-bond acceptors (Lipinski definition) is 5. The van der Waals surface area contributed by atoms with Crippen molar-refractivity contribution >= 4 is 28.8 Å². The van der Waals surface area contributed by atoms with Crippen LogP contribution in [0.2, 0.25) is 0 Å². The van der Waals surface area contributed by atoms with Crippen LogP contribution < -0.4 is 11.1 Å². The third-order valence-corrected chi connectivity index (χ3v) is 5.34. The Kier molecular flexibility index (Phi) is 6.38. The van der Waals surface area contributed by atoms with Gasteiger partial charge in [-0.3, -0.25) is 19.4 Å². The first kappa shape index (κ1) is 18.6. The van der Waals surface area contributed by atoms with Gasteiger partial charge in [0.25, 0.3) is 5.91 Å². The van der Waals surface area contributed by atoms with Gasteiger partial charge in [0.2, 0.25) is 5.91 Å². The van der Waals surface area contributed by atoms with Crippen molar-refractivity contribution in [2.45, 2.75) is 13.0 Å². The second-order valence-corrected chi connectivity index (χ2v) is 7.48. The first-order valence-corrected chi connectivity index (χ1v) is 9.65. The number of amides is 2. The lowest BCUT2D eigenvalue weighted by Gasteiger charge is -2.21. The van der Waals surface area contributed by atoms with Crippen LogP contribution >= 0.6 is 11.3 Å². The van der Waals surface area contributed by atoms with Crippen LogP contribution in [-0.2, 0) is 11.3 Å². The van der Waals surface area contributed by atoms with E-state index < -0.39 is 5.91 Å². The molecule has 1 fully saturated rings. The number of thiophene rings is 1. The van der Waals surface area contributed by atoms with E-state index in [0.29, 0.717) is 17.8 Å². The summed E-state index contributed by atoms with van der Waals surface area (Å²) in [5.41, 5.74) is 6.16. The lowest BCUT2D eigenvalue weighted by atomic mass is 10.1. The minimum absolute atomic E-state index is 0.120. The molecule has 138 valence electrons. The minimum atomic E-state index is -0.542. The fraction of sp³-hybridized carbons (Fsp3) is 0.368. The van der Waals surface area contributed by atoms with Gasteiger partial charge in [-0.2, -0.15) is 0 Å². The smallest absolute Gasteiger partial charge is 0.250 e. The molecule has 0 unspecified atom stereocenters. The zero-order valence-electron chi connectivity index (χ0n) is 14.7. The molecular formula is C19H24N4O2S. The molecule has 26 heavy (non-hydrogen) atoms. The molecule has 2 aromatic rings. The Labute approximate surface area is 157 Å². The Morgan fingerprint density at radius 3 is 2.58 bits per heavy atom. The highest BCUT2D eigenvalue weighted by Gasteiger charge is 2.18. The molecule has 2 amide bonds. The number of carbonyl (C=O) groups excluding carboxylic acids is 2. The van der Waals surface area contributed by atoms with Crippen molar-refractivity contribution in [3.05, 3.63) is 52.2 Å². The van der Waals surface area contributed by atoms with Gasteiger partial charge < -0.3 is 11.1 Å². The van der Waals surface area contributed by atoms with Crippen molar-refractivity contribution in [2.24, 2.45) is 5.73 Å². The molecule has 0 spiro atoms. The fourth-order valence-corrected chi connectivity index (χ4v) is 3.91. The second kappa shape index (κ2) is 8.93. The first-order chi connectivity index (χ1) is 12.6. The maximum Gasteiger partial charge on any atom is 0.250 e. The van der Waals surface area contributed by atoms with Crippen LogP contribution in [0.15, 0.2) is 41.8 Å². The van der Waals surface area contributed by atoms with Crippen molar-refractivity contribution in [1.82, 2.24) is 9.80 Å². The zero-order chi connectivity index (χ0) is 18.4. The highest BCUT2D eigenvalue weighted by Crippen LogP contribution is 2.15. The Morgan fingerprint density at radius 1 is 1.04 bits per heavy atom. The zero-order valence-corrected chi connectivity index (χ0v) is 15.5. The van der Waals surface area contributed by atoms with Crippen molar-refractivity contribution < 1.29 is 9.59 Å². The quantitative estimate of drug-likeness (QED) is 0.813. The predicted octanol–water partition coefficient (Wildman–Crippen LogP) is 1.99. The lowest BCUT2D eigenvalue weighted by molar-refractivity contribution is -0.117. The number of para-hydroxylation sites is 1. The summed E-state index contributed by atoms with van der Waals surface area (Å²) in [5, 5.41) is 4.92. The van der Waals surface area contributed by atoms with E-state index in [2.05, 4.69) is 32.6 Å². The third kappa shape index (κ3) is 5.14. The molecule has 3 N–H and O–H groups in total. The number of anilines is 1. The molecule has 3 rings (SSSR count). The van der Waals surface area contributed by atoms with E-state index in [1.165, 1.54) is 4.88 Å². The van der Waals surface area contributed by atoms with Crippen LogP contribution in [0.3, 0.4) is 0 Å². The molecule has 2 heterocycles. The molecule has 6 nitrogen and oxygen atoms in total. The van der Waals surface area contributed by atoms with E-state index >= 15 is 0 Å². The lowest BCUT2D eigenvalue weighted by Crippen LogP contribution is -2.36. The van der Waals surface area contributed by atoms with Crippen molar-refractivity contribution in [3.63, 3.8) is 0 Å². The van der Waals surface area contributed by atoms with Gasteiger partial charge in [-0.1, -0.05) is 18.2 Å². The summed E-state index contributed by atoms with van der Waals surface area (Å²) in [5.74, 6) is -0.662. The van der Waals surface area contributed by atoms with Gasteiger partial charge in [0.15, 0.2) is 0 Å². The van der Waals surface area contributed by atoms with E-state index in [0.717, 1.165) is 39.1 Å². The summed E-state index contributed by atoms with van der Waals surface area (Å²) in [6.45, 7) is 5.04. The normalized spacial score (nSPS) is 16.2. The molecule has 0 bridgehead atoms. The molecule has 0 atom stereocenters. The van der Waals surface area contributed by atoms with Gasteiger partial charge in [-0.05, 0) is 43.1 Å². The average molecular weight is 372 g/mol. The molecule has 1 aliphatic heterocycles. The minimum Gasteiger partial charge on any atom is -0.366 e. The molecular weight excluding hydrogens is 348 g/mol. The van der Waals surface area contributed by atoms with Gasteiger partial charge >= 0.3 is 0 Å². The Hall–Kier alpha value is -2.22. The standard InChI is InChI=1S/C19H24N4O2S/c20-19(25)16-6-1-2-7-17(16)21-18(24)14-23-9-4-8-22(10-11-23)13-15-5-3-12-26-15/h1-3,5-7,12H,4,8-11,13-14H2,(H2,20,25)(H,21,24). The Morgan fingerprint density at radius 2 is 1.81 bits per heavy atom. The maximum atomic E-state index is 12.4. The number of nitrogens with one attached hydrogen (secondary N) is 1. The van der Waals surface area contributed by atoms with Gasteiger partial charge in [0, 0.05) is 24.5 Å². The number of nitrogens with zero attached hydrogens (tertiary/aromatic N) is 2. The van der Waals surface area contributed by atoms with E-state index in [-0.39, 0.29) is 5.91 Å². The number of hydrogen-bond donors (Lipinski definition) is 2. The number of rotatable bonds is 6. The van der Waals surface area contributed by atoms with E-state index in [1.807, 2.05) is 0 Å². The van der Waals surface area contributed by atoms with Crippen LogP contribution in [-0.4, -0.2) is 54.3 Å². The van der Waals surface area contributed by atoms with Gasteiger partial charge in [0.05, 0.1) is 17.8 Å². The molecule has 0 aliphatic carbocycles. The SMILES string of the molecule is NC(=O)c1ccccc1NC(=O)CN1CCCN(Cc2cccs2)CC1. The monoisotopic (exact) mass is 372 g/mol. The van der Waals surface area contributed by atoms with Gasteiger partial charge in [-0.25, -0.2) is 0 Å². The molecule has 1 saturated heterocycles. The van der Waals surface area contributed by atoms with Crippen LogP contribution in [0.5, 0.6) is 0 Å². The topological polar surface area (TPSA) is 78.7 Å². The second-order valence-electron chi connectivity index (χ2n) is 6.44. The summed E-state index contributed by atoms with van der Waals surface area (Å²) in [6, 6.07) is 11.1. The maximum absolute atomic E-state index is 12.4. The van der Waals surface area contributed by atoms with E-state index in [9.17, 15) is 9.59 Å². The molecule has 1 aromatic carbocycles. The molecule has 1 aromatic heterocycles. The third-order valence-electron chi connectivity index (χ3n) is 4.47. The van der Waals surface area contributed by atoms with Crippen molar-refractivity contribution in [2.75, 3.05) is 38.0 Å². The number of nitrogens with two attached hydrogens (primary N) is 1. The van der Waals surface area contributed by atoms with Crippen molar-refractivity contribution in [1.29, 1.82) is 0 Å². The average Bonchev–Trinajstić information content (AvgIpc) is 3.03. The molecule has 7 heteroatoms. The molecule has 0 saturated carbocycles. The van der Waals surface area contributed by atoms with Crippen LogP contribution in [0, 0.1) is 0 Å². The highest BCUT2D eigenvalue weighted by molar-refractivity contribution is 7.09.